The molecule has 14 heteroatoms. The molecule has 0 heterocycles. The molecule has 0 spiro atoms. The average molecular weight is 649 g/mol. The van der Waals surface area contributed by atoms with E-state index in [9.17, 15) is 28.8 Å². The first-order chi connectivity index (χ1) is 20.2. The molecule has 0 fully saturated rings. The molecule has 0 rings (SSSR count). The van der Waals surface area contributed by atoms with Crippen molar-refractivity contribution in [3.05, 3.63) is 71.0 Å². The molecule has 0 aromatic rings. The molecule has 0 aromatic heterocycles. The Morgan fingerprint density at radius 1 is 0.295 bits per heavy atom. The SMILES string of the molecule is CC(=O)/C=C(/C)[O][Al]([O]/C(C)=C\C(C)=O)[O]/C(C)=C\C(C)=O.CC(=O)/C=C(/C)[O][Al]([O]/C(C)=C\C(C)=O)[O]/C(C)=C\C(C)=O. The summed E-state index contributed by atoms with van der Waals surface area (Å²) in [4.78, 5) is 66.2. The van der Waals surface area contributed by atoms with Gasteiger partial charge in [-0.1, -0.05) is 0 Å². The van der Waals surface area contributed by atoms with Gasteiger partial charge in [-0.3, -0.25) is 28.8 Å². The Morgan fingerprint density at radius 2 is 0.409 bits per heavy atom. The van der Waals surface area contributed by atoms with Crippen molar-refractivity contribution < 1.29 is 51.5 Å². The van der Waals surface area contributed by atoms with Gasteiger partial charge in [0.1, 0.15) is 0 Å². The lowest BCUT2D eigenvalue weighted by atomic mass is 10.4. The minimum atomic E-state index is -2.75. The molecule has 240 valence electrons. The van der Waals surface area contributed by atoms with Crippen molar-refractivity contribution in [3.8, 4) is 0 Å². The van der Waals surface area contributed by atoms with E-state index in [1.165, 1.54) is 78.0 Å². The quantitative estimate of drug-likeness (QED) is 0.111. The molecule has 0 atom stereocenters. The molecule has 0 bridgehead atoms. The van der Waals surface area contributed by atoms with E-state index in [1.54, 1.807) is 41.5 Å². The molecule has 0 aliphatic carbocycles. The van der Waals surface area contributed by atoms with Crippen LogP contribution >= 0.6 is 0 Å². The van der Waals surface area contributed by atoms with Gasteiger partial charge in [-0.2, -0.15) is 0 Å². The van der Waals surface area contributed by atoms with Crippen molar-refractivity contribution in [2.45, 2.75) is 83.1 Å². The van der Waals surface area contributed by atoms with E-state index in [0.29, 0.717) is 34.6 Å². The van der Waals surface area contributed by atoms with Gasteiger partial charge in [-0.05, 0) is 83.1 Å². The summed E-state index contributed by atoms with van der Waals surface area (Å²) < 4.78 is 33.0. The van der Waals surface area contributed by atoms with Crippen LogP contribution in [-0.2, 0) is 51.5 Å². The van der Waals surface area contributed by atoms with Crippen LogP contribution in [0.2, 0.25) is 0 Å². The highest BCUT2D eigenvalue weighted by Crippen LogP contribution is 2.12. The predicted molar refractivity (Wildman–Crippen MR) is 165 cm³/mol. The first kappa shape index (κ1) is 42.5. The smallest absolute Gasteiger partial charge is 0.580 e. The summed E-state index contributed by atoms with van der Waals surface area (Å²) >= 11 is -5.49. The van der Waals surface area contributed by atoms with E-state index in [4.69, 9.17) is 22.7 Å². The summed E-state index contributed by atoms with van der Waals surface area (Å²) in [6.45, 7) is 18.0. The first-order valence-corrected chi connectivity index (χ1v) is 16.2. The summed E-state index contributed by atoms with van der Waals surface area (Å²) in [5.41, 5.74) is 0. The normalized spacial score (nSPS) is 12.5. The van der Waals surface area contributed by atoms with Crippen LogP contribution in [0.25, 0.3) is 0 Å². The number of carbonyl (C=O) groups excluding carboxylic acids is 6. The third-order valence-electron chi connectivity index (χ3n) is 4.13. The van der Waals surface area contributed by atoms with Crippen LogP contribution in [0.5, 0.6) is 0 Å². The average Bonchev–Trinajstić information content (AvgIpc) is 2.75. The van der Waals surface area contributed by atoms with Crippen molar-refractivity contribution >= 4 is 65.0 Å². The number of ketones is 6. The number of hydrogen-bond donors (Lipinski definition) is 0. The van der Waals surface area contributed by atoms with Gasteiger partial charge >= 0.3 is 30.3 Å². The Kier molecular flexibility index (Phi) is 22.0. The van der Waals surface area contributed by atoms with Crippen molar-refractivity contribution in [3.63, 3.8) is 0 Å². The van der Waals surface area contributed by atoms with Crippen molar-refractivity contribution in [2.24, 2.45) is 0 Å². The van der Waals surface area contributed by atoms with Gasteiger partial charge in [-0.15, -0.1) is 0 Å². The van der Waals surface area contributed by atoms with Crippen LogP contribution in [0.15, 0.2) is 71.0 Å². The van der Waals surface area contributed by atoms with E-state index in [2.05, 4.69) is 0 Å². The zero-order chi connectivity index (χ0) is 34.6. The van der Waals surface area contributed by atoms with E-state index >= 15 is 0 Å². The molecule has 0 amide bonds. The Hall–Kier alpha value is -3.68. The van der Waals surface area contributed by atoms with Crippen LogP contribution in [0.1, 0.15) is 83.1 Å². The predicted octanol–water partition coefficient (Wildman–Crippen LogP) is 5.00. The molecule has 0 saturated heterocycles. The number of carbonyl (C=O) groups is 6. The minimum absolute atomic E-state index is 0.169. The molecule has 0 aliphatic heterocycles. The highest BCUT2D eigenvalue weighted by molar-refractivity contribution is 6.38. The summed E-state index contributed by atoms with van der Waals surface area (Å²) in [5.74, 6) is 1.04. The Morgan fingerprint density at radius 3 is 0.500 bits per heavy atom. The fraction of sp³-hybridized carbons (Fsp3) is 0.400. The topological polar surface area (TPSA) is 158 Å². The maximum absolute atomic E-state index is 11.0. The van der Waals surface area contributed by atoms with Gasteiger partial charge < -0.3 is 22.7 Å². The minimum Gasteiger partial charge on any atom is -0.580 e. The molecule has 0 saturated carbocycles. The van der Waals surface area contributed by atoms with Gasteiger partial charge in [0.25, 0.3) is 0 Å². The second kappa shape index (κ2) is 22.8. The molecule has 0 aromatic carbocycles. The fourth-order valence-electron chi connectivity index (χ4n) is 2.98. The van der Waals surface area contributed by atoms with Crippen molar-refractivity contribution in [1.29, 1.82) is 0 Å². The molecule has 0 radical (unpaired) electrons. The third-order valence-corrected chi connectivity index (χ3v) is 7.52. The maximum atomic E-state index is 11.0. The highest BCUT2D eigenvalue weighted by Gasteiger charge is 2.45. The van der Waals surface area contributed by atoms with Crippen molar-refractivity contribution in [2.75, 3.05) is 0 Å². The van der Waals surface area contributed by atoms with Gasteiger partial charge in [-0.25, -0.2) is 0 Å². The maximum Gasteiger partial charge on any atom is 1.20 e. The lowest BCUT2D eigenvalue weighted by molar-refractivity contribution is -0.113. The van der Waals surface area contributed by atoms with Crippen LogP contribution < -0.4 is 0 Å². The summed E-state index contributed by atoms with van der Waals surface area (Å²) in [6, 6.07) is 0. The molecule has 12 nitrogen and oxygen atoms in total. The van der Waals surface area contributed by atoms with E-state index in [1.807, 2.05) is 0 Å². The van der Waals surface area contributed by atoms with Crippen LogP contribution in [0.3, 0.4) is 0 Å². The monoisotopic (exact) mass is 648 g/mol. The number of allylic oxidation sites excluding steroid dienone is 12. The van der Waals surface area contributed by atoms with Crippen LogP contribution in [0.4, 0.5) is 0 Å². The Balaban J connectivity index is 0. The molecule has 0 aliphatic rings. The second-order valence-electron chi connectivity index (χ2n) is 9.48. The lowest BCUT2D eigenvalue weighted by Gasteiger charge is -2.17. The van der Waals surface area contributed by atoms with Gasteiger partial charge in [0.2, 0.25) is 0 Å². The largest absolute Gasteiger partial charge is 1.20 e. The van der Waals surface area contributed by atoms with Gasteiger partial charge in [0.05, 0.1) is 34.6 Å². The van der Waals surface area contributed by atoms with Crippen LogP contribution in [0, 0.1) is 0 Å². The lowest BCUT2D eigenvalue weighted by Crippen LogP contribution is -2.26. The molecular formula is C30H42Al2O12. The van der Waals surface area contributed by atoms with E-state index < -0.39 is 30.3 Å². The molecular weight excluding hydrogens is 606 g/mol. The standard InChI is InChI=1S/6C5H8O2.2Al/c6*1-4(6)3-5(2)7;;/h6*3,6H,1-2H3;;/q;;;;;;2*+3/p-6/b6*4-3-;;. The number of rotatable bonds is 18. The molecule has 0 unspecified atom stereocenters. The Bertz CT molecular complexity index is 1000. The summed E-state index contributed by atoms with van der Waals surface area (Å²) in [7, 11) is 0. The summed E-state index contributed by atoms with van der Waals surface area (Å²) in [6.07, 6.45) is 7.84. The zero-order valence-corrected chi connectivity index (χ0v) is 29.8. The van der Waals surface area contributed by atoms with Crippen molar-refractivity contribution in [1.82, 2.24) is 0 Å². The van der Waals surface area contributed by atoms with E-state index in [-0.39, 0.29) is 34.7 Å². The Labute approximate surface area is 269 Å². The highest BCUT2D eigenvalue weighted by atomic mass is 27.3. The summed E-state index contributed by atoms with van der Waals surface area (Å²) in [5, 5.41) is 0. The molecule has 0 N–H and O–H groups in total. The zero-order valence-electron chi connectivity index (χ0n) is 27.5. The first-order valence-electron chi connectivity index (χ1n) is 13.3. The van der Waals surface area contributed by atoms with Gasteiger partial charge in [0.15, 0.2) is 34.7 Å². The fourth-order valence-corrected chi connectivity index (χ4v) is 5.49. The third kappa shape index (κ3) is 27.2. The second-order valence-corrected chi connectivity index (χ2v) is 12.0. The van der Waals surface area contributed by atoms with Gasteiger partial charge in [0, 0.05) is 36.5 Å². The molecule has 44 heavy (non-hydrogen) atoms. The van der Waals surface area contributed by atoms with E-state index in [0.717, 1.165) is 0 Å². The number of hydrogen-bond acceptors (Lipinski definition) is 12. The van der Waals surface area contributed by atoms with Crippen LogP contribution in [-0.4, -0.2) is 65.0 Å².